The Kier molecular flexibility index (Phi) is 5.09. The van der Waals surface area contributed by atoms with Crippen LogP contribution >= 0.6 is 0 Å². The lowest BCUT2D eigenvalue weighted by molar-refractivity contribution is -0.140. The van der Waals surface area contributed by atoms with E-state index in [4.69, 9.17) is 19.4 Å². The summed E-state index contributed by atoms with van der Waals surface area (Å²) in [6, 6.07) is 9.17. The minimum absolute atomic E-state index is 0.0537. The average molecular weight is 407 g/mol. The monoisotopic (exact) mass is 407 g/mol. The van der Waals surface area contributed by atoms with Crippen LogP contribution in [0.2, 0.25) is 0 Å². The number of ether oxygens (including phenoxy) is 2. The van der Waals surface area contributed by atoms with Crippen LogP contribution in [0, 0.1) is 6.92 Å². The van der Waals surface area contributed by atoms with Crippen LogP contribution in [0.4, 0.5) is 5.82 Å². The zero-order chi connectivity index (χ0) is 21.3. The average Bonchev–Trinajstić information content (AvgIpc) is 3.29. The molecule has 0 bridgehead atoms. The van der Waals surface area contributed by atoms with Gasteiger partial charge in [-0.1, -0.05) is 6.07 Å². The van der Waals surface area contributed by atoms with Gasteiger partial charge in [0.2, 0.25) is 0 Å². The molecule has 0 aliphatic carbocycles. The van der Waals surface area contributed by atoms with Crippen molar-refractivity contribution >= 4 is 28.9 Å². The minimum atomic E-state index is -0.466. The van der Waals surface area contributed by atoms with Gasteiger partial charge >= 0.3 is 11.9 Å². The van der Waals surface area contributed by atoms with Gasteiger partial charge in [-0.3, -0.25) is 9.20 Å². The maximum absolute atomic E-state index is 12.0. The molecule has 0 unspecified atom stereocenters. The number of rotatable bonds is 6. The summed E-state index contributed by atoms with van der Waals surface area (Å²) in [5, 5.41) is 3.10. The lowest BCUT2D eigenvalue weighted by Crippen LogP contribution is -2.18. The van der Waals surface area contributed by atoms with Crippen LogP contribution in [0.1, 0.15) is 23.1 Å². The fraction of sp³-hybridized carbons (Fsp3) is 0.238. The quantitative estimate of drug-likeness (QED) is 0.491. The van der Waals surface area contributed by atoms with Crippen molar-refractivity contribution in [2.24, 2.45) is 0 Å². The molecule has 0 atom stereocenters. The summed E-state index contributed by atoms with van der Waals surface area (Å²) in [6.45, 7) is 3.90. The second-order valence-corrected chi connectivity index (χ2v) is 6.57. The largest absolute Gasteiger partial charge is 0.465 e. The number of carbonyl (C=O) groups is 2. The Labute approximate surface area is 172 Å². The molecule has 0 saturated carbocycles. The SMILES string of the molecule is CCOC(=O)CNc1c(-c2nc(C)n3ccccc23)nc2ccc(C(=O)OC)cn12. The molecular formula is C21H21N5O4. The number of aromatic nitrogens is 4. The molecule has 4 rings (SSSR count). The number of fused-ring (bicyclic) bond motifs is 2. The maximum Gasteiger partial charge on any atom is 0.339 e. The van der Waals surface area contributed by atoms with E-state index in [2.05, 4.69) is 5.32 Å². The van der Waals surface area contributed by atoms with Crippen molar-refractivity contribution in [2.45, 2.75) is 13.8 Å². The third-order valence-electron chi connectivity index (χ3n) is 4.69. The number of hydrogen-bond acceptors (Lipinski definition) is 7. The Hall–Kier alpha value is -3.88. The first-order valence-electron chi connectivity index (χ1n) is 9.47. The predicted octanol–water partition coefficient (Wildman–Crippen LogP) is 2.72. The zero-order valence-corrected chi connectivity index (χ0v) is 16.9. The van der Waals surface area contributed by atoms with Crippen molar-refractivity contribution in [1.29, 1.82) is 0 Å². The normalized spacial score (nSPS) is 11.0. The molecule has 4 heterocycles. The molecule has 0 amide bonds. The van der Waals surface area contributed by atoms with Crippen LogP contribution < -0.4 is 5.32 Å². The lowest BCUT2D eigenvalue weighted by atomic mass is 10.2. The van der Waals surface area contributed by atoms with Gasteiger partial charge in [-0.05, 0) is 38.1 Å². The number of hydrogen-bond donors (Lipinski definition) is 1. The molecule has 0 fully saturated rings. The summed E-state index contributed by atoms with van der Waals surface area (Å²) < 4.78 is 13.5. The summed E-state index contributed by atoms with van der Waals surface area (Å²) in [5.41, 5.74) is 3.07. The van der Waals surface area contributed by atoms with Crippen LogP contribution in [0.25, 0.3) is 22.6 Å². The highest BCUT2D eigenvalue weighted by Crippen LogP contribution is 2.32. The third kappa shape index (κ3) is 3.34. The highest BCUT2D eigenvalue weighted by molar-refractivity contribution is 5.91. The van der Waals surface area contributed by atoms with E-state index >= 15 is 0 Å². The molecule has 154 valence electrons. The molecule has 0 spiro atoms. The van der Waals surface area contributed by atoms with Crippen LogP contribution in [-0.4, -0.2) is 51.0 Å². The standard InChI is InChI=1S/C21H21N5O4/c1-4-30-17(27)11-22-20-19(18-15-7-5-6-10-25(15)13(2)23-18)24-16-9-8-14(12-26(16)20)21(28)29-3/h5-10,12,22H,4,11H2,1-3H3. The summed E-state index contributed by atoms with van der Waals surface area (Å²) in [5.74, 6) is 0.483. The van der Waals surface area contributed by atoms with E-state index < -0.39 is 11.9 Å². The van der Waals surface area contributed by atoms with Gasteiger partial charge in [0.25, 0.3) is 0 Å². The van der Waals surface area contributed by atoms with Gasteiger partial charge in [-0.15, -0.1) is 0 Å². The summed E-state index contributed by atoms with van der Waals surface area (Å²) in [7, 11) is 1.33. The van der Waals surface area contributed by atoms with Gasteiger partial charge in [-0.2, -0.15) is 0 Å². The second-order valence-electron chi connectivity index (χ2n) is 6.57. The topological polar surface area (TPSA) is 99.2 Å². The van der Waals surface area contributed by atoms with Crippen LogP contribution in [-0.2, 0) is 14.3 Å². The second kappa shape index (κ2) is 7.86. The van der Waals surface area contributed by atoms with E-state index in [0.29, 0.717) is 28.4 Å². The van der Waals surface area contributed by atoms with E-state index in [-0.39, 0.29) is 13.2 Å². The molecule has 9 heteroatoms. The van der Waals surface area contributed by atoms with E-state index in [1.807, 2.05) is 35.7 Å². The predicted molar refractivity (Wildman–Crippen MR) is 111 cm³/mol. The first-order valence-corrected chi connectivity index (χ1v) is 9.47. The smallest absolute Gasteiger partial charge is 0.339 e. The van der Waals surface area contributed by atoms with E-state index in [1.54, 1.807) is 29.7 Å². The lowest BCUT2D eigenvalue weighted by Gasteiger charge is -2.08. The molecule has 0 aromatic carbocycles. The van der Waals surface area contributed by atoms with Crippen molar-refractivity contribution in [2.75, 3.05) is 25.6 Å². The number of esters is 2. The van der Waals surface area contributed by atoms with Gasteiger partial charge in [0.15, 0.2) is 0 Å². The molecule has 0 aliphatic rings. The van der Waals surface area contributed by atoms with Gasteiger partial charge in [-0.25, -0.2) is 14.8 Å². The Morgan fingerprint density at radius 2 is 1.93 bits per heavy atom. The minimum Gasteiger partial charge on any atom is -0.465 e. The molecule has 4 aromatic heterocycles. The Balaban J connectivity index is 1.90. The number of carbonyl (C=O) groups excluding carboxylic acids is 2. The number of imidazole rings is 2. The van der Waals surface area contributed by atoms with Gasteiger partial charge in [0, 0.05) is 12.4 Å². The Bertz CT molecular complexity index is 1260. The molecule has 0 saturated heterocycles. The third-order valence-corrected chi connectivity index (χ3v) is 4.69. The molecule has 1 N–H and O–H groups in total. The maximum atomic E-state index is 12.0. The van der Waals surface area contributed by atoms with Crippen molar-refractivity contribution < 1.29 is 19.1 Å². The molecule has 0 radical (unpaired) electrons. The zero-order valence-electron chi connectivity index (χ0n) is 16.9. The summed E-state index contributed by atoms with van der Waals surface area (Å²) in [4.78, 5) is 33.4. The van der Waals surface area contributed by atoms with Crippen LogP contribution in [0.15, 0.2) is 42.7 Å². The summed E-state index contributed by atoms with van der Waals surface area (Å²) >= 11 is 0. The molecule has 0 aliphatic heterocycles. The fourth-order valence-electron chi connectivity index (χ4n) is 3.35. The molecule has 9 nitrogen and oxygen atoms in total. The number of nitrogens with zero attached hydrogens (tertiary/aromatic N) is 4. The first kappa shape index (κ1) is 19.4. The van der Waals surface area contributed by atoms with Gasteiger partial charge in [0.1, 0.15) is 35.2 Å². The van der Waals surface area contributed by atoms with Crippen molar-refractivity contribution in [3.05, 3.63) is 54.1 Å². The van der Waals surface area contributed by atoms with Crippen LogP contribution in [0.5, 0.6) is 0 Å². The Morgan fingerprint density at radius 3 is 2.70 bits per heavy atom. The highest BCUT2D eigenvalue weighted by Gasteiger charge is 2.21. The molecule has 4 aromatic rings. The molecule has 30 heavy (non-hydrogen) atoms. The van der Waals surface area contributed by atoms with E-state index in [1.165, 1.54) is 7.11 Å². The number of methoxy groups -OCH3 is 1. The van der Waals surface area contributed by atoms with E-state index in [0.717, 1.165) is 11.3 Å². The van der Waals surface area contributed by atoms with Crippen molar-refractivity contribution in [1.82, 2.24) is 18.8 Å². The van der Waals surface area contributed by atoms with Crippen molar-refractivity contribution in [3.63, 3.8) is 0 Å². The number of nitrogens with one attached hydrogen (secondary N) is 1. The Morgan fingerprint density at radius 1 is 1.10 bits per heavy atom. The number of anilines is 1. The fourth-order valence-corrected chi connectivity index (χ4v) is 3.35. The number of pyridine rings is 2. The highest BCUT2D eigenvalue weighted by atomic mass is 16.5. The van der Waals surface area contributed by atoms with E-state index in [9.17, 15) is 9.59 Å². The first-order chi connectivity index (χ1) is 14.5. The van der Waals surface area contributed by atoms with Crippen LogP contribution in [0.3, 0.4) is 0 Å². The summed E-state index contributed by atoms with van der Waals surface area (Å²) in [6.07, 6.45) is 3.55. The molecular weight excluding hydrogens is 386 g/mol. The van der Waals surface area contributed by atoms with Gasteiger partial charge in [0.05, 0.1) is 24.8 Å². The number of aryl methyl sites for hydroxylation is 1. The van der Waals surface area contributed by atoms with Crippen molar-refractivity contribution in [3.8, 4) is 11.4 Å². The van der Waals surface area contributed by atoms with Gasteiger partial charge < -0.3 is 19.2 Å².